The van der Waals surface area contributed by atoms with Crippen LogP contribution in [0.2, 0.25) is 0 Å². The van der Waals surface area contributed by atoms with Crippen LogP contribution >= 0.6 is 15.9 Å². The van der Waals surface area contributed by atoms with Gasteiger partial charge in [0.2, 0.25) is 0 Å². The van der Waals surface area contributed by atoms with E-state index >= 15 is 0 Å². The summed E-state index contributed by atoms with van der Waals surface area (Å²) in [6, 6.07) is 10.7. The Balaban J connectivity index is 2.04. The molecule has 2 aromatic rings. The van der Waals surface area contributed by atoms with Crippen molar-refractivity contribution in [3.8, 4) is 11.5 Å². The number of nitrogens with one attached hydrogen (secondary N) is 1. The average molecular weight is 360 g/mol. The summed E-state index contributed by atoms with van der Waals surface area (Å²) < 4.78 is 6.28. The largest absolute Gasteiger partial charge is 0.504 e. The number of carbonyl (C=O) groups excluding carboxylic acids is 1. The number of phenols is 1. The van der Waals surface area contributed by atoms with E-state index in [9.17, 15) is 9.90 Å². The Bertz CT molecular complexity index is 783. The molecule has 0 spiro atoms. The normalized spacial score (nSPS) is 14.8. The predicted octanol–water partition coefficient (Wildman–Crippen LogP) is 4.05. The second-order valence-electron chi connectivity index (χ2n) is 4.86. The van der Waals surface area contributed by atoms with Crippen molar-refractivity contribution in [2.75, 3.05) is 11.9 Å². The van der Waals surface area contributed by atoms with Gasteiger partial charge in [0, 0.05) is 21.3 Å². The lowest BCUT2D eigenvalue weighted by Crippen LogP contribution is -2.03. The van der Waals surface area contributed by atoms with E-state index in [1.54, 1.807) is 24.3 Å². The fourth-order valence-electron chi connectivity index (χ4n) is 2.36. The highest BCUT2D eigenvalue weighted by atomic mass is 79.9. The number of benzene rings is 2. The molecule has 0 fully saturated rings. The number of rotatable bonds is 3. The predicted molar refractivity (Wildman–Crippen MR) is 89.9 cm³/mol. The number of ether oxygens (including phenoxy) is 1. The van der Waals surface area contributed by atoms with Crippen LogP contribution in [0.5, 0.6) is 11.5 Å². The summed E-state index contributed by atoms with van der Waals surface area (Å²) in [5.74, 6) is 0.354. The van der Waals surface area contributed by atoms with E-state index in [0.29, 0.717) is 17.9 Å². The molecular formula is C17H14BrNO3. The van der Waals surface area contributed by atoms with Crippen molar-refractivity contribution in [1.82, 2.24) is 0 Å². The zero-order chi connectivity index (χ0) is 15.7. The van der Waals surface area contributed by atoms with Crippen molar-refractivity contribution in [3.05, 3.63) is 52.0 Å². The van der Waals surface area contributed by atoms with Crippen LogP contribution in [0.1, 0.15) is 18.1 Å². The summed E-state index contributed by atoms with van der Waals surface area (Å²) in [6.07, 6.45) is 1.79. The van der Waals surface area contributed by atoms with Gasteiger partial charge in [-0.1, -0.05) is 22.0 Å². The third-order valence-corrected chi connectivity index (χ3v) is 3.85. The first-order valence-corrected chi connectivity index (χ1v) is 7.66. The van der Waals surface area contributed by atoms with Gasteiger partial charge in [-0.25, -0.2) is 0 Å². The van der Waals surface area contributed by atoms with Crippen LogP contribution < -0.4 is 10.1 Å². The SMILES string of the molecule is CCOc1cc(/C=C2\C(=O)Nc3ccc(Br)cc32)ccc1O. The number of carbonyl (C=O) groups is 1. The Labute approximate surface area is 136 Å². The molecule has 22 heavy (non-hydrogen) atoms. The van der Waals surface area contributed by atoms with Crippen LogP contribution in [0, 0.1) is 0 Å². The fourth-order valence-corrected chi connectivity index (χ4v) is 2.72. The molecule has 0 aliphatic carbocycles. The van der Waals surface area contributed by atoms with E-state index < -0.39 is 0 Å². The monoisotopic (exact) mass is 359 g/mol. The summed E-state index contributed by atoms with van der Waals surface area (Å²) in [5.41, 5.74) is 3.03. The lowest BCUT2D eigenvalue weighted by Gasteiger charge is -2.07. The Morgan fingerprint density at radius 3 is 2.86 bits per heavy atom. The molecule has 0 radical (unpaired) electrons. The van der Waals surface area contributed by atoms with Crippen molar-refractivity contribution in [1.29, 1.82) is 0 Å². The highest BCUT2D eigenvalue weighted by Crippen LogP contribution is 2.36. The van der Waals surface area contributed by atoms with Gasteiger partial charge in [-0.05, 0) is 48.9 Å². The zero-order valence-electron chi connectivity index (χ0n) is 11.9. The zero-order valence-corrected chi connectivity index (χ0v) is 13.5. The van der Waals surface area contributed by atoms with E-state index in [2.05, 4.69) is 21.2 Å². The minimum atomic E-state index is -0.140. The second kappa shape index (κ2) is 5.85. The van der Waals surface area contributed by atoms with Crippen LogP contribution in [0.25, 0.3) is 11.6 Å². The highest BCUT2D eigenvalue weighted by molar-refractivity contribution is 9.10. The molecule has 0 saturated carbocycles. The molecule has 1 amide bonds. The van der Waals surface area contributed by atoms with Crippen LogP contribution in [-0.4, -0.2) is 17.6 Å². The Morgan fingerprint density at radius 2 is 2.09 bits per heavy atom. The minimum absolute atomic E-state index is 0.0861. The topological polar surface area (TPSA) is 58.6 Å². The Hall–Kier alpha value is -2.27. The van der Waals surface area contributed by atoms with Crippen molar-refractivity contribution in [2.45, 2.75) is 6.92 Å². The van der Waals surface area contributed by atoms with Gasteiger partial charge in [0.1, 0.15) is 0 Å². The molecule has 4 nitrogen and oxygen atoms in total. The van der Waals surface area contributed by atoms with E-state index in [1.807, 2.05) is 25.1 Å². The fraction of sp³-hybridized carbons (Fsp3) is 0.118. The first-order valence-electron chi connectivity index (χ1n) is 6.87. The van der Waals surface area contributed by atoms with Gasteiger partial charge in [0.05, 0.1) is 6.61 Å². The second-order valence-corrected chi connectivity index (χ2v) is 5.78. The van der Waals surface area contributed by atoms with Gasteiger partial charge >= 0.3 is 0 Å². The summed E-state index contributed by atoms with van der Waals surface area (Å²) in [7, 11) is 0. The van der Waals surface area contributed by atoms with Crippen LogP contribution in [0.15, 0.2) is 40.9 Å². The lowest BCUT2D eigenvalue weighted by atomic mass is 10.0. The Kier molecular flexibility index (Phi) is 3.90. The molecule has 112 valence electrons. The molecule has 1 heterocycles. The van der Waals surface area contributed by atoms with E-state index in [1.165, 1.54) is 0 Å². The molecule has 2 N–H and O–H groups in total. The number of hydrogen-bond acceptors (Lipinski definition) is 3. The van der Waals surface area contributed by atoms with Gasteiger partial charge in [-0.3, -0.25) is 4.79 Å². The van der Waals surface area contributed by atoms with Gasteiger partial charge in [-0.2, -0.15) is 0 Å². The number of anilines is 1. The molecule has 5 heteroatoms. The molecule has 0 bridgehead atoms. The van der Waals surface area contributed by atoms with Crippen molar-refractivity contribution in [3.63, 3.8) is 0 Å². The van der Waals surface area contributed by atoms with E-state index in [-0.39, 0.29) is 11.7 Å². The quantitative estimate of drug-likeness (QED) is 0.812. The average Bonchev–Trinajstić information content (AvgIpc) is 2.79. The Morgan fingerprint density at radius 1 is 1.27 bits per heavy atom. The molecule has 3 rings (SSSR count). The molecule has 1 aliphatic rings. The first-order chi connectivity index (χ1) is 10.6. The molecule has 0 saturated heterocycles. The van der Waals surface area contributed by atoms with E-state index in [4.69, 9.17) is 4.74 Å². The van der Waals surface area contributed by atoms with Crippen molar-refractivity contribution < 1.29 is 14.6 Å². The maximum Gasteiger partial charge on any atom is 0.256 e. The molecule has 0 unspecified atom stereocenters. The minimum Gasteiger partial charge on any atom is -0.504 e. The number of hydrogen-bond donors (Lipinski definition) is 2. The third kappa shape index (κ3) is 2.72. The summed E-state index contributed by atoms with van der Waals surface area (Å²) in [5, 5.41) is 12.6. The van der Waals surface area contributed by atoms with Gasteiger partial charge in [-0.15, -0.1) is 0 Å². The molecule has 0 atom stereocenters. The van der Waals surface area contributed by atoms with Crippen LogP contribution in [0.3, 0.4) is 0 Å². The summed E-state index contributed by atoms with van der Waals surface area (Å²) in [6.45, 7) is 2.31. The number of amides is 1. The number of aromatic hydroxyl groups is 1. The highest BCUT2D eigenvalue weighted by Gasteiger charge is 2.24. The smallest absolute Gasteiger partial charge is 0.256 e. The molecule has 1 aliphatic heterocycles. The molecular weight excluding hydrogens is 346 g/mol. The van der Waals surface area contributed by atoms with Crippen molar-refractivity contribution in [2.24, 2.45) is 0 Å². The van der Waals surface area contributed by atoms with Crippen LogP contribution in [0.4, 0.5) is 5.69 Å². The summed E-state index contributed by atoms with van der Waals surface area (Å²) >= 11 is 3.42. The standard InChI is InChI=1S/C17H14BrNO3/c1-2-22-16-8-10(3-6-15(16)20)7-13-12-9-11(18)4-5-14(12)19-17(13)21/h3-9,20H,2H2,1H3,(H,19,21)/b13-7-. The number of halogens is 1. The maximum atomic E-state index is 12.1. The first kappa shape index (κ1) is 14.7. The lowest BCUT2D eigenvalue weighted by molar-refractivity contribution is -0.110. The number of fused-ring (bicyclic) bond motifs is 1. The van der Waals surface area contributed by atoms with Crippen molar-refractivity contribution >= 4 is 39.2 Å². The van der Waals surface area contributed by atoms with Gasteiger partial charge in [0.15, 0.2) is 11.5 Å². The van der Waals surface area contributed by atoms with E-state index in [0.717, 1.165) is 21.3 Å². The third-order valence-electron chi connectivity index (χ3n) is 3.36. The number of phenolic OH excluding ortho intramolecular Hbond substituents is 1. The van der Waals surface area contributed by atoms with Gasteiger partial charge in [0.25, 0.3) is 5.91 Å². The molecule has 0 aromatic heterocycles. The summed E-state index contributed by atoms with van der Waals surface area (Å²) in [4.78, 5) is 12.1. The maximum absolute atomic E-state index is 12.1. The van der Waals surface area contributed by atoms with Crippen LogP contribution in [-0.2, 0) is 4.79 Å². The van der Waals surface area contributed by atoms with Gasteiger partial charge < -0.3 is 15.2 Å². The molecule has 2 aromatic carbocycles.